The first-order valence-electron chi connectivity index (χ1n) is 6.37. The Morgan fingerprint density at radius 2 is 2.10 bits per heavy atom. The summed E-state index contributed by atoms with van der Waals surface area (Å²) in [5.41, 5.74) is -2.51. The molecule has 0 saturated carbocycles. The van der Waals surface area contributed by atoms with Crippen molar-refractivity contribution in [2.24, 2.45) is 0 Å². The normalized spacial score (nSPS) is 23.2. The van der Waals surface area contributed by atoms with Crippen LogP contribution in [0.15, 0.2) is 24.3 Å². The number of nitrogens with one attached hydrogen (secondary N) is 1. The number of allylic oxidation sites excluding steroid dienone is 4. The van der Waals surface area contributed by atoms with Crippen LogP contribution in [-0.4, -0.2) is 34.5 Å². The molecule has 2 N–H and O–H groups in total. The van der Waals surface area contributed by atoms with Crippen molar-refractivity contribution in [1.82, 2.24) is 5.32 Å². The Morgan fingerprint density at radius 3 is 2.55 bits per heavy atom. The number of aliphatic carboxylic acids is 1. The Labute approximate surface area is 117 Å². The van der Waals surface area contributed by atoms with E-state index in [2.05, 4.69) is 5.32 Å². The Hall–Kier alpha value is -1.85. The van der Waals surface area contributed by atoms with Gasteiger partial charge in [-0.1, -0.05) is 18.2 Å². The van der Waals surface area contributed by atoms with Crippen LogP contribution in [-0.2, 0) is 9.53 Å². The van der Waals surface area contributed by atoms with Crippen molar-refractivity contribution in [2.75, 3.05) is 0 Å². The Morgan fingerprint density at radius 1 is 1.45 bits per heavy atom. The third kappa shape index (κ3) is 5.42. The number of ether oxygens (including phenoxy) is 1. The smallest absolute Gasteiger partial charge is 0.408 e. The van der Waals surface area contributed by atoms with E-state index in [0.717, 1.165) is 0 Å². The van der Waals surface area contributed by atoms with Crippen LogP contribution >= 0.6 is 0 Å². The van der Waals surface area contributed by atoms with Crippen LogP contribution in [0.2, 0.25) is 0 Å². The van der Waals surface area contributed by atoms with Gasteiger partial charge in [0.2, 0.25) is 0 Å². The summed E-state index contributed by atoms with van der Waals surface area (Å²) >= 11 is 0. The minimum Gasteiger partial charge on any atom is -0.480 e. The summed E-state index contributed by atoms with van der Waals surface area (Å²) in [6, 6.07) is -1.34. The van der Waals surface area contributed by atoms with E-state index in [1.807, 2.05) is 0 Å². The van der Waals surface area contributed by atoms with Crippen LogP contribution < -0.4 is 5.32 Å². The van der Waals surface area contributed by atoms with E-state index < -0.39 is 29.4 Å². The Kier molecular flexibility index (Phi) is 4.92. The first-order chi connectivity index (χ1) is 9.11. The third-order valence-electron chi connectivity index (χ3n) is 2.63. The van der Waals surface area contributed by atoms with Gasteiger partial charge < -0.3 is 15.2 Å². The van der Waals surface area contributed by atoms with Gasteiger partial charge in [0.15, 0.2) is 0 Å². The summed E-state index contributed by atoms with van der Waals surface area (Å²) in [4.78, 5) is 22.7. The highest BCUT2D eigenvalue weighted by molar-refractivity contribution is 5.80. The lowest BCUT2D eigenvalue weighted by atomic mass is 9.90. The molecule has 0 aliphatic heterocycles. The average Bonchev–Trinajstić information content (AvgIpc) is 2.25. The number of carbonyl (C=O) groups excluding carboxylic acids is 1. The Balaban J connectivity index is 2.66. The molecule has 2 atom stereocenters. The molecule has 112 valence electrons. The van der Waals surface area contributed by atoms with Crippen molar-refractivity contribution >= 4 is 12.1 Å². The van der Waals surface area contributed by atoms with E-state index in [-0.39, 0.29) is 12.8 Å². The second-order valence-electron chi connectivity index (χ2n) is 5.77. The van der Waals surface area contributed by atoms with Crippen molar-refractivity contribution < 1.29 is 23.8 Å². The maximum atomic E-state index is 14.4. The number of hydrogen-bond donors (Lipinski definition) is 2. The van der Waals surface area contributed by atoms with Crippen molar-refractivity contribution in [3.63, 3.8) is 0 Å². The molecule has 1 amide bonds. The molecule has 0 aromatic heterocycles. The van der Waals surface area contributed by atoms with Crippen LogP contribution in [0.1, 0.15) is 33.6 Å². The molecule has 1 aliphatic rings. The Bertz CT molecular complexity index is 439. The number of alkyl carbamates (subject to hydrolysis) is 1. The summed E-state index contributed by atoms with van der Waals surface area (Å²) in [6.45, 7) is 4.98. The van der Waals surface area contributed by atoms with Gasteiger partial charge in [0.1, 0.15) is 17.3 Å². The largest absolute Gasteiger partial charge is 0.480 e. The number of carboxylic acids is 1. The monoisotopic (exact) mass is 285 g/mol. The molecule has 1 aliphatic carbocycles. The zero-order chi connectivity index (χ0) is 15.4. The molecular formula is C14H20FNO4. The summed E-state index contributed by atoms with van der Waals surface area (Å²) < 4.78 is 19.4. The molecule has 0 aromatic carbocycles. The molecule has 20 heavy (non-hydrogen) atoms. The van der Waals surface area contributed by atoms with Crippen LogP contribution in [0.3, 0.4) is 0 Å². The first-order valence-corrected chi connectivity index (χ1v) is 6.37. The zero-order valence-electron chi connectivity index (χ0n) is 11.9. The fraction of sp³-hybridized carbons (Fsp3) is 0.571. The number of alkyl halides is 1. The van der Waals surface area contributed by atoms with Crippen molar-refractivity contribution in [3.8, 4) is 0 Å². The van der Waals surface area contributed by atoms with Crippen molar-refractivity contribution in [1.29, 1.82) is 0 Å². The van der Waals surface area contributed by atoms with Gasteiger partial charge in [0.05, 0.1) is 0 Å². The minimum atomic E-state index is -1.77. The zero-order valence-corrected chi connectivity index (χ0v) is 11.9. The van der Waals surface area contributed by atoms with E-state index in [1.54, 1.807) is 32.9 Å². The molecule has 0 heterocycles. The fourth-order valence-corrected chi connectivity index (χ4v) is 1.78. The summed E-state index contributed by atoms with van der Waals surface area (Å²) in [6.07, 6.45) is 5.01. The molecular weight excluding hydrogens is 265 g/mol. The van der Waals surface area contributed by atoms with Crippen LogP contribution in [0, 0.1) is 0 Å². The molecule has 1 rings (SSSR count). The van der Waals surface area contributed by atoms with Crippen molar-refractivity contribution in [3.05, 3.63) is 24.3 Å². The van der Waals surface area contributed by atoms with Gasteiger partial charge in [-0.05, 0) is 26.8 Å². The lowest BCUT2D eigenvalue weighted by molar-refractivity contribution is -0.140. The van der Waals surface area contributed by atoms with Gasteiger partial charge in [0.25, 0.3) is 0 Å². The van der Waals surface area contributed by atoms with Gasteiger partial charge in [-0.2, -0.15) is 0 Å². The van der Waals surface area contributed by atoms with Gasteiger partial charge in [-0.3, -0.25) is 0 Å². The molecule has 0 bridgehead atoms. The lowest BCUT2D eigenvalue weighted by Gasteiger charge is -2.27. The molecule has 0 saturated heterocycles. The predicted octanol–water partition coefficient (Wildman–Crippen LogP) is 2.58. The summed E-state index contributed by atoms with van der Waals surface area (Å²) in [5, 5.41) is 11.3. The highest BCUT2D eigenvalue weighted by atomic mass is 19.1. The highest BCUT2D eigenvalue weighted by Gasteiger charge is 2.35. The summed E-state index contributed by atoms with van der Waals surface area (Å²) in [7, 11) is 0. The number of carbonyl (C=O) groups is 2. The number of rotatable bonds is 4. The van der Waals surface area contributed by atoms with Crippen molar-refractivity contribution in [2.45, 2.75) is 50.9 Å². The van der Waals surface area contributed by atoms with E-state index in [1.165, 1.54) is 12.2 Å². The molecule has 1 unspecified atom stereocenters. The lowest BCUT2D eigenvalue weighted by Crippen LogP contribution is -2.46. The minimum absolute atomic E-state index is 0.0866. The van der Waals surface area contributed by atoms with Gasteiger partial charge in [-0.25, -0.2) is 14.0 Å². The van der Waals surface area contributed by atoms with Gasteiger partial charge in [-0.15, -0.1) is 0 Å². The van der Waals surface area contributed by atoms with Gasteiger partial charge in [0, 0.05) is 12.8 Å². The van der Waals surface area contributed by atoms with Gasteiger partial charge >= 0.3 is 12.1 Å². The van der Waals surface area contributed by atoms with E-state index in [0.29, 0.717) is 0 Å². The van der Waals surface area contributed by atoms with E-state index >= 15 is 0 Å². The number of hydrogen-bond acceptors (Lipinski definition) is 3. The first kappa shape index (κ1) is 16.2. The van der Waals surface area contributed by atoms with Crippen LogP contribution in [0.4, 0.5) is 9.18 Å². The standard InChI is InChI=1S/C14H20FNO4/c1-13(2,3)20-12(19)16-10(11(17)18)9-14(15)7-5-4-6-8-14/h4-7,10H,8-9H2,1-3H3,(H,16,19)(H,17,18)/t10-,14?/m0/s1. The molecule has 0 aromatic rings. The fourth-order valence-electron chi connectivity index (χ4n) is 1.78. The SMILES string of the molecule is CC(C)(C)OC(=O)N[C@@H](CC1(F)C=CC=CC1)C(=O)O. The second-order valence-corrected chi connectivity index (χ2v) is 5.77. The summed E-state index contributed by atoms with van der Waals surface area (Å²) in [5.74, 6) is -1.30. The number of halogens is 1. The van der Waals surface area contributed by atoms with Crippen LogP contribution in [0.25, 0.3) is 0 Å². The molecule has 0 radical (unpaired) electrons. The van der Waals surface area contributed by atoms with E-state index in [4.69, 9.17) is 9.84 Å². The third-order valence-corrected chi connectivity index (χ3v) is 2.63. The maximum absolute atomic E-state index is 14.4. The average molecular weight is 285 g/mol. The maximum Gasteiger partial charge on any atom is 0.408 e. The van der Waals surface area contributed by atoms with E-state index in [9.17, 15) is 14.0 Å². The topological polar surface area (TPSA) is 75.6 Å². The second kappa shape index (κ2) is 6.07. The quantitative estimate of drug-likeness (QED) is 0.832. The molecule has 0 spiro atoms. The number of carboxylic acid groups (broad SMARTS) is 1. The molecule has 6 heteroatoms. The predicted molar refractivity (Wildman–Crippen MR) is 72.1 cm³/mol. The van der Waals surface area contributed by atoms with Crippen LogP contribution in [0.5, 0.6) is 0 Å². The number of amides is 1. The highest BCUT2D eigenvalue weighted by Crippen LogP contribution is 2.28. The molecule has 0 fully saturated rings. The molecule has 5 nitrogen and oxygen atoms in total.